The van der Waals surface area contributed by atoms with Gasteiger partial charge in [0, 0.05) is 54.8 Å². The Bertz CT molecular complexity index is 2720. The molecule has 0 unspecified atom stereocenters. The lowest BCUT2D eigenvalue weighted by atomic mass is 10.0. The molecule has 3 aromatic heterocycles. The number of hydrogen-bond acceptors (Lipinski definition) is 0. The first-order chi connectivity index (χ1) is 22.3. The zero-order chi connectivity index (χ0) is 29.5. The molecule has 0 spiro atoms. The average Bonchev–Trinajstić information content (AvgIpc) is 3.76. The number of nitrogens with zero attached hydrogens (tertiary/aromatic N) is 2. The van der Waals surface area contributed by atoms with Gasteiger partial charge < -0.3 is 14.1 Å². The first kappa shape index (κ1) is 24.4. The molecule has 1 N–H and O–H groups in total. The molecule has 3 heterocycles. The van der Waals surface area contributed by atoms with Crippen LogP contribution < -0.4 is 0 Å². The summed E-state index contributed by atoms with van der Waals surface area (Å²) in [6, 6.07) is 57.2. The van der Waals surface area contributed by atoms with Crippen LogP contribution in [0.1, 0.15) is 0 Å². The van der Waals surface area contributed by atoms with E-state index in [0.29, 0.717) is 0 Å². The molecule has 7 aromatic carbocycles. The molecule has 0 atom stereocenters. The summed E-state index contributed by atoms with van der Waals surface area (Å²) >= 11 is 0. The van der Waals surface area contributed by atoms with Crippen LogP contribution in [0.3, 0.4) is 0 Å². The van der Waals surface area contributed by atoms with E-state index in [9.17, 15) is 0 Å². The summed E-state index contributed by atoms with van der Waals surface area (Å²) in [7, 11) is 0. The Morgan fingerprint density at radius 1 is 0.356 bits per heavy atom. The average molecular weight is 574 g/mol. The van der Waals surface area contributed by atoms with Crippen LogP contribution in [0.15, 0.2) is 158 Å². The van der Waals surface area contributed by atoms with E-state index in [1.54, 1.807) is 0 Å². The Balaban J connectivity index is 1.20. The number of hydrogen-bond donors (Lipinski definition) is 1. The molecule has 0 aliphatic heterocycles. The summed E-state index contributed by atoms with van der Waals surface area (Å²) in [5.74, 6) is 0. The number of nitrogens with one attached hydrogen (secondary N) is 1. The highest BCUT2D eigenvalue weighted by atomic mass is 15.0. The fourth-order valence-electron chi connectivity index (χ4n) is 7.51. The molecule has 0 aliphatic carbocycles. The first-order valence-corrected chi connectivity index (χ1v) is 15.5. The molecular formula is C42H27N3. The smallest absolute Gasteiger partial charge is 0.0544 e. The van der Waals surface area contributed by atoms with Crippen LogP contribution in [0.2, 0.25) is 0 Å². The molecule has 0 saturated heterocycles. The Kier molecular flexibility index (Phi) is 5.00. The van der Waals surface area contributed by atoms with Crippen molar-refractivity contribution in [2.24, 2.45) is 0 Å². The van der Waals surface area contributed by atoms with Gasteiger partial charge in [0.05, 0.1) is 27.6 Å². The molecule has 0 radical (unpaired) electrons. The summed E-state index contributed by atoms with van der Waals surface area (Å²) in [5.41, 5.74) is 11.9. The number of aromatic nitrogens is 3. The minimum Gasteiger partial charge on any atom is -0.354 e. The lowest BCUT2D eigenvalue weighted by Gasteiger charge is -2.12. The Hall–Kier alpha value is -6.06. The molecule has 3 heteroatoms. The Morgan fingerprint density at radius 2 is 0.889 bits per heavy atom. The maximum atomic E-state index is 3.69. The van der Waals surface area contributed by atoms with Crippen molar-refractivity contribution in [1.82, 2.24) is 14.1 Å². The van der Waals surface area contributed by atoms with Crippen LogP contribution in [-0.2, 0) is 0 Å². The van der Waals surface area contributed by atoms with Crippen molar-refractivity contribution < 1.29 is 0 Å². The number of H-pyrrole nitrogens is 1. The monoisotopic (exact) mass is 573 g/mol. The maximum absolute atomic E-state index is 3.69. The molecule has 10 aromatic rings. The van der Waals surface area contributed by atoms with Crippen molar-refractivity contribution in [1.29, 1.82) is 0 Å². The molecule has 45 heavy (non-hydrogen) atoms. The van der Waals surface area contributed by atoms with Gasteiger partial charge in [0.2, 0.25) is 0 Å². The van der Waals surface area contributed by atoms with Crippen LogP contribution >= 0.6 is 0 Å². The van der Waals surface area contributed by atoms with Gasteiger partial charge in [-0.25, -0.2) is 0 Å². The molecule has 0 saturated carbocycles. The van der Waals surface area contributed by atoms with Crippen molar-refractivity contribution in [3.8, 4) is 22.5 Å². The topological polar surface area (TPSA) is 25.6 Å². The molecule has 10 rings (SSSR count). The van der Waals surface area contributed by atoms with Crippen molar-refractivity contribution in [3.05, 3.63) is 158 Å². The van der Waals surface area contributed by atoms with Gasteiger partial charge >= 0.3 is 0 Å². The third-order valence-corrected chi connectivity index (χ3v) is 9.45. The van der Waals surface area contributed by atoms with E-state index in [1.165, 1.54) is 76.7 Å². The molecular weight excluding hydrogens is 546 g/mol. The van der Waals surface area contributed by atoms with Crippen molar-refractivity contribution in [3.63, 3.8) is 0 Å². The normalized spacial score (nSPS) is 12.0. The second-order valence-electron chi connectivity index (χ2n) is 11.9. The lowest BCUT2D eigenvalue weighted by molar-refractivity contribution is 1.17. The van der Waals surface area contributed by atoms with E-state index in [0.717, 1.165) is 11.2 Å². The van der Waals surface area contributed by atoms with Gasteiger partial charge in [-0.05, 0) is 60.2 Å². The van der Waals surface area contributed by atoms with Crippen LogP contribution in [0.4, 0.5) is 0 Å². The summed E-state index contributed by atoms with van der Waals surface area (Å²) in [5, 5.41) is 7.55. The second-order valence-corrected chi connectivity index (χ2v) is 11.9. The van der Waals surface area contributed by atoms with Gasteiger partial charge in [-0.3, -0.25) is 0 Å². The lowest BCUT2D eigenvalue weighted by Crippen LogP contribution is -1.96. The predicted molar refractivity (Wildman–Crippen MR) is 190 cm³/mol. The third-order valence-electron chi connectivity index (χ3n) is 9.45. The summed E-state index contributed by atoms with van der Waals surface area (Å²) in [6.07, 6.45) is 0. The number of para-hydroxylation sites is 5. The largest absolute Gasteiger partial charge is 0.354 e. The number of fused-ring (bicyclic) bond motifs is 9. The molecule has 0 fully saturated rings. The van der Waals surface area contributed by atoms with Crippen LogP contribution in [0.25, 0.3) is 87.9 Å². The van der Waals surface area contributed by atoms with Gasteiger partial charge in [0.1, 0.15) is 0 Å². The van der Waals surface area contributed by atoms with E-state index >= 15 is 0 Å². The summed E-state index contributed by atoms with van der Waals surface area (Å²) in [6.45, 7) is 0. The number of rotatable bonds is 3. The quantitative estimate of drug-likeness (QED) is 0.218. The van der Waals surface area contributed by atoms with Crippen molar-refractivity contribution in [2.45, 2.75) is 0 Å². The molecule has 0 aliphatic rings. The Morgan fingerprint density at radius 3 is 1.60 bits per heavy atom. The van der Waals surface area contributed by atoms with E-state index in [2.05, 4.69) is 172 Å². The van der Waals surface area contributed by atoms with E-state index in [4.69, 9.17) is 0 Å². The van der Waals surface area contributed by atoms with E-state index in [-0.39, 0.29) is 0 Å². The molecule has 0 amide bonds. The minimum atomic E-state index is 1.15. The maximum Gasteiger partial charge on any atom is 0.0544 e. The summed E-state index contributed by atoms with van der Waals surface area (Å²) < 4.78 is 4.81. The highest BCUT2D eigenvalue weighted by molar-refractivity contribution is 6.13. The van der Waals surface area contributed by atoms with Crippen LogP contribution in [0.5, 0.6) is 0 Å². The predicted octanol–water partition coefficient (Wildman–Crippen LogP) is 11.2. The van der Waals surface area contributed by atoms with Gasteiger partial charge in [-0.2, -0.15) is 0 Å². The van der Waals surface area contributed by atoms with Gasteiger partial charge in [-0.1, -0.05) is 103 Å². The van der Waals surface area contributed by atoms with Crippen LogP contribution in [-0.4, -0.2) is 14.1 Å². The standard InChI is InChI=1S/C42H27N3/c1-5-19-37-31(13-1)35-18-10-17-30(42(35)43-37)27-11-9-12-28(25-27)44-40-22-8-4-16-34(40)36-26-29(23-24-41(36)44)45-38-20-6-2-14-32(38)33-15-3-7-21-39(33)45/h1-26,43H. The fourth-order valence-corrected chi connectivity index (χ4v) is 7.51. The van der Waals surface area contributed by atoms with E-state index in [1.807, 2.05) is 0 Å². The van der Waals surface area contributed by atoms with E-state index < -0.39 is 0 Å². The van der Waals surface area contributed by atoms with Crippen molar-refractivity contribution in [2.75, 3.05) is 0 Å². The van der Waals surface area contributed by atoms with Gasteiger partial charge in [0.25, 0.3) is 0 Å². The van der Waals surface area contributed by atoms with Gasteiger partial charge in [-0.15, -0.1) is 0 Å². The molecule has 3 nitrogen and oxygen atoms in total. The third kappa shape index (κ3) is 3.46. The zero-order valence-electron chi connectivity index (χ0n) is 24.4. The van der Waals surface area contributed by atoms with Gasteiger partial charge in [0.15, 0.2) is 0 Å². The first-order valence-electron chi connectivity index (χ1n) is 15.5. The Labute approximate surface area is 259 Å². The SMILES string of the molecule is c1cc(-c2cccc3c2[nH]c2ccccc23)cc(-n2c3ccccc3c3cc(-n4c5ccccc5c5ccccc54)ccc32)c1. The van der Waals surface area contributed by atoms with Crippen molar-refractivity contribution >= 4 is 65.4 Å². The zero-order valence-corrected chi connectivity index (χ0v) is 24.4. The fraction of sp³-hybridized carbons (Fsp3) is 0. The summed E-state index contributed by atoms with van der Waals surface area (Å²) in [4.78, 5) is 3.69. The highest BCUT2D eigenvalue weighted by Gasteiger charge is 2.17. The second kappa shape index (κ2) is 9.22. The minimum absolute atomic E-state index is 1.15. The number of benzene rings is 7. The number of aromatic amines is 1. The molecule has 210 valence electrons. The van der Waals surface area contributed by atoms with Crippen LogP contribution in [0, 0.1) is 0 Å². The highest BCUT2D eigenvalue weighted by Crippen LogP contribution is 2.38. The molecule has 0 bridgehead atoms.